The lowest BCUT2D eigenvalue weighted by Gasteiger charge is -2.16. The molecule has 4 heteroatoms. The maximum Gasteiger partial charge on any atom is 0.137 e. The van der Waals surface area contributed by atoms with Gasteiger partial charge in [0.25, 0.3) is 0 Å². The highest BCUT2D eigenvalue weighted by atomic mass is 16.5. The van der Waals surface area contributed by atoms with Crippen LogP contribution < -0.4 is 4.74 Å². The van der Waals surface area contributed by atoms with Gasteiger partial charge in [0.05, 0.1) is 23.2 Å². The first-order chi connectivity index (χ1) is 12.6. The highest BCUT2D eigenvalue weighted by molar-refractivity contribution is 5.91. The minimum Gasteiger partial charge on any atom is -0.492 e. The zero-order chi connectivity index (χ0) is 18.5. The number of pyridine rings is 2. The monoisotopic (exact) mass is 345 g/mol. The Hall–Kier alpha value is -2.93. The minimum absolute atomic E-state index is 0.453. The zero-order valence-electron chi connectivity index (χ0n) is 15.4. The molecule has 26 heavy (non-hydrogen) atoms. The molecule has 1 atom stereocenters. The second-order valence-corrected chi connectivity index (χ2v) is 7.10. The Morgan fingerprint density at radius 2 is 1.92 bits per heavy atom. The molecule has 132 valence electrons. The van der Waals surface area contributed by atoms with E-state index >= 15 is 0 Å². The molecule has 0 spiro atoms. The summed E-state index contributed by atoms with van der Waals surface area (Å²) in [7, 11) is 0. The molecular weight excluding hydrogens is 322 g/mol. The Labute approximate surface area is 154 Å². The van der Waals surface area contributed by atoms with Crippen LogP contribution in [0.3, 0.4) is 0 Å². The molecule has 1 aromatic carbocycles. The molecule has 0 saturated heterocycles. The van der Waals surface area contributed by atoms with Crippen molar-refractivity contribution >= 4 is 11.0 Å². The maximum absolute atomic E-state index is 9.56. The molecule has 4 nitrogen and oxygen atoms in total. The van der Waals surface area contributed by atoms with Gasteiger partial charge in [-0.1, -0.05) is 26.8 Å². The molecule has 0 aliphatic rings. The number of fused-ring (bicyclic) bond motifs is 1. The molecule has 0 aliphatic heterocycles. The molecule has 0 N–H and O–H groups in total. The van der Waals surface area contributed by atoms with E-state index in [1.54, 1.807) is 12.4 Å². The van der Waals surface area contributed by atoms with Gasteiger partial charge in [0, 0.05) is 18.0 Å². The number of ether oxygens (including phenoxy) is 1. The summed E-state index contributed by atoms with van der Waals surface area (Å²) in [5, 5.41) is 9.56. The third kappa shape index (κ3) is 4.00. The van der Waals surface area contributed by atoms with Crippen molar-refractivity contribution in [2.24, 2.45) is 11.8 Å². The highest BCUT2D eigenvalue weighted by Gasteiger charge is 2.12. The average Bonchev–Trinajstić information content (AvgIpc) is 2.65. The number of hydrogen-bond acceptors (Lipinski definition) is 4. The number of benzene rings is 1. The molecule has 2 aromatic heterocycles. The van der Waals surface area contributed by atoms with Crippen molar-refractivity contribution < 1.29 is 4.74 Å². The van der Waals surface area contributed by atoms with Gasteiger partial charge in [0.15, 0.2) is 0 Å². The summed E-state index contributed by atoms with van der Waals surface area (Å²) in [6.07, 6.45) is 4.63. The number of rotatable bonds is 6. The van der Waals surface area contributed by atoms with Gasteiger partial charge in [0.1, 0.15) is 11.8 Å². The van der Waals surface area contributed by atoms with Crippen LogP contribution in [-0.4, -0.2) is 16.6 Å². The van der Waals surface area contributed by atoms with Gasteiger partial charge in [-0.15, -0.1) is 0 Å². The van der Waals surface area contributed by atoms with E-state index in [9.17, 15) is 5.26 Å². The fraction of sp³-hybridized carbons (Fsp3) is 0.318. The van der Waals surface area contributed by atoms with Crippen LogP contribution >= 0.6 is 0 Å². The molecule has 3 aromatic rings. The molecule has 0 unspecified atom stereocenters. The lowest BCUT2D eigenvalue weighted by molar-refractivity contribution is 0.238. The second kappa shape index (κ2) is 7.97. The Bertz CT molecular complexity index is 938. The van der Waals surface area contributed by atoms with E-state index < -0.39 is 0 Å². The molecule has 3 rings (SSSR count). The highest BCUT2D eigenvalue weighted by Crippen LogP contribution is 2.30. The molecule has 0 bridgehead atoms. The van der Waals surface area contributed by atoms with Crippen molar-refractivity contribution in [2.45, 2.75) is 27.2 Å². The van der Waals surface area contributed by atoms with Crippen LogP contribution in [0.15, 0.2) is 48.8 Å². The van der Waals surface area contributed by atoms with Crippen molar-refractivity contribution in [2.75, 3.05) is 6.61 Å². The van der Waals surface area contributed by atoms with Crippen molar-refractivity contribution in [1.82, 2.24) is 9.97 Å². The Kier molecular flexibility index (Phi) is 5.48. The van der Waals surface area contributed by atoms with Crippen molar-refractivity contribution in [3.05, 3.63) is 54.4 Å². The molecule has 0 fully saturated rings. The SMILES string of the molecule is CC(C)C[C@@H](C)COc1ccc(-c2ccnc3cccnc23)cc1C#N. The Morgan fingerprint density at radius 3 is 2.69 bits per heavy atom. The van der Waals surface area contributed by atoms with Crippen LogP contribution in [0.2, 0.25) is 0 Å². The van der Waals surface area contributed by atoms with Crippen LogP contribution in [0, 0.1) is 23.2 Å². The third-order valence-electron chi connectivity index (χ3n) is 4.30. The van der Waals surface area contributed by atoms with Crippen LogP contribution in [0.5, 0.6) is 5.75 Å². The second-order valence-electron chi connectivity index (χ2n) is 7.10. The third-order valence-corrected chi connectivity index (χ3v) is 4.30. The van der Waals surface area contributed by atoms with Gasteiger partial charge < -0.3 is 4.74 Å². The molecular formula is C22H23N3O. The number of nitrogens with zero attached hydrogens (tertiary/aromatic N) is 3. The first-order valence-corrected chi connectivity index (χ1v) is 8.95. The quantitative estimate of drug-likeness (QED) is 0.614. The van der Waals surface area contributed by atoms with E-state index in [1.165, 1.54) is 0 Å². The summed E-state index contributed by atoms with van der Waals surface area (Å²) in [5.74, 6) is 1.73. The summed E-state index contributed by atoms with van der Waals surface area (Å²) < 4.78 is 5.92. The van der Waals surface area contributed by atoms with Gasteiger partial charge in [-0.05, 0) is 54.2 Å². The Morgan fingerprint density at radius 1 is 1.08 bits per heavy atom. The number of hydrogen-bond donors (Lipinski definition) is 0. The fourth-order valence-electron chi connectivity index (χ4n) is 3.23. The topological polar surface area (TPSA) is 58.8 Å². The van der Waals surface area contributed by atoms with Crippen molar-refractivity contribution in [3.63, 3.8) is 0 Å². The van der Waals surface area contributed by atoms with E-state index in [0.29, 0.717) is 29.8 Å². The summed E-state index contributed by atoms with van der Waals surface area (Å²) in [6.45, 7) is 7.21. The van der Waals surface area contributed by atoms with Crippen molar-refractivity contribution in [3.8, 4) is 22.9 Å². The number of aromatic nitrogens is 2. The summed E-state index contributed by atoms with van der Waals surface area (Å²) in [4.78, 5) is 8.79. The van der Waals surface area contributed by atoms with E-state index in [-0.39, 0.29) is 0 Å². The zero-order valence-corrected chi connectivity index (χ0v) is 15.4. The normalized spacial score (nSPS) is 12.1. The summed E-state index contributed by atoms with van der Waals surface area (Å²) >= 11 is 0. The maximum atomic E-state index is 9.56. The van der Waals surface area contributed by atoms with Gasteiger partial charge in [-0.25, -0.2) is 0 Å². The van der Waals surface area contributed by atoms with Gasteiger partial charge >= 0.3 is 0 Å². The molecule has 0 radical (unpaired) electrons. The first kappa shape index (κ1) is 17.9. The minimum atomic E-state index is 0.453. The molecule has 0 aliphatic carbocycles. The lowest BCUT2D eigenvalue weighted by Crippen LogP contribution is -2.11. The first-order valence-electron chi connectivity index (χ1n) is 8.95. The molecule has 0 saturated carbocycles. The average molecular weight is 345 g/mol. The lowest BCUT2D eigenvalue weighted by atomic mass is 9.99. The predicted octanol–water partition coefficient (Wildman–Crippen LogP) is 5.23. The van der Waals surface area contributed by atoms with Crippen LogP contribution in [0.1, 0.15) is 32.8 Å². The van der Waals surface area contributed by atoms with E-state index in [4.69, 9.17) is 4.74 Å². The van der Waals surface area contributed by atoms with Crippen LogP contribution in [-0.2, 0) is 0 Å². The Balaban J connectivity index is 1.88. The summed E-state index contributed by atoms with van der Waals surface area (Å²) in [6, 6.07) is 13.7. The smallest absolute Gasteiger partial charge is 0.137 e. The van der Waals surface area contributed by atoms with Crippen LogP contribution in [0.25, 0.3) is 22.2 Å². The van der Waals surface area contributed by atoms with Crippen molar-refractivity contribution in [1.29, 1.82) is 5.26 Å². The van der Waals surface area contributed by atoms with Gasteiger partial charge in [-0.2, -0.15) is 5.26 Å². The number of nitriles is 1. The van der Waals surface area contributed by atoms with E-state index in [0.717, 1.165) is 28.6 Å². The molecule has 2 heterocycles. The van der Waals surface area contributed by atoms with Gasteiger partial charge in [-0.3, -0.25) is 9.97 Å². The van der Waals surface area contributed by atoms with Crippen LogP contribution in [0.4, 0.5) is 0 Å². The van der Waals surface area contributed by atoms with E-state index in [1.807, 2.05) is 36.4 Å². The fourth-order valence-corrected chi connectivity index (χ4v) is 3.23. The van der Waals surface area contributed by atoms with E-state index in [2.05, 4.69) is 36.8 Å². The predicted molar refractivity (Wildman–Crippen MR) is 104 cm³/mol. The van der Waals surface area contributed by atoms with Gasteiger partial charge in [0.2, 0.25) is 0 Å². The largest absolute Gasteiger partial charge is 0.492 e. The molecule has 0 amide bonds. The standard InChI is InChI=1S/C22H23N3O/c1-15(2)11-16(3)14-26-21-7-6-17(12-18(21)13-23)19-8-10-24-20-5-4-9-25-22(19)20/h4-10,12,15-16H,11,14H2,1-3H3/t16-/m1/s1. The summed E-state index contributed by atoms with van der Waals surface area (Å²) in [5.41, 5.74) is 4.12.